The molecule has 0 radical (unpaired) electrons. The Balaban J connectivity index is 1.74. The zero-order valence-electron chi connectivity index (χ0n) is 19.3. The van der Waals surface area contributed by atoms with Crippen molar-refractivity contribution < 1.29 is 35.9 Å². The number of para-hydroxylation sites is 1. The fourth-order valence-electron chi connectivity index (χ4n) is 4.32. The second kappa shape index (κ2) is 9.87. The van der Waals surface area contributed by atoms with Gasteiger partial charge in [-0.1, -0.05) is 18.2 Å². The molecule has 1 aliphatic rings. The van der Waals surface area contributed by atoms with E-state index in [0.29, 0.717) is 23.5 Å². The average Bonchev–Trinajstić information content (AvgIpc) is 3.36. The fourth-order valence-corrected chi connectivity index (χ4v) is 4.32. The predicted molar refractivity (Wildman–Crippen MR) is 121 cm³/mol. The molecule has 0 spiro atoms. The van der Waals surface area contributed by atoms with Crippen LogP contribution in [0.2, 0.25) is 0 Å². The van der Waals surface area contributed by atoms with Gasteiger partial charge >= 0.3 is 18.4 Å². The molecule has 2 aromatic carbocycles. The molecule has 3 aromatic rings. The Bertz CT molecular complexity index is 1220. The molecule has 2 heterocycles. The van der Waals surface area contributed by atoms with E-state index >= 15 is 0 Å². The van der Waals surface area contributed by atoms with Gasteiger partial charge in [0.1, 0.15) is 5.82 Å². The average molecular weight is 511 g/mol. The van der Waals surface area contributed by atoms with E-state index in [-0.39, 0.29) is 18.2 Å². The van der Waals surface area contributed by atoms with Crippen LogP contribution in [0.1, 0.15) is 35.1 Å². The number of alkyl halides is 6. The van der Waals surface area contributed by atoms with Crippen molar-refractivity contribution in [2.45, 2.75) is 38.3 Å². The van der Waals surface area contributed by atoms with Crippen molar-refractivity contribution in [3.8, 4) is 0 Å². The van der Waals surface area contributed by atoms with E-state index in [1.54, 1.807) is 0 Å². The fraction of sp³-hybridized carbons (Fsp3) is 0.360. The van der Waals surface area contributed by atoms with Gasteiger partial charge in [0.15, 0.2) is 0 Å². The molecule has 1 aliphatic heterocycles. The molecule has 1 saturated heterocycles. The van der Waals surface area contributed by atoms with Crippen molar-refractivity contribution in [1.29, 1.82) is 0 Å². The molecular weight excluding hydrogens is 488 g/mol. The number of hydrogen-bond acceptors (Lipinski definition) is 4. The maximum Gasteiger partial charge on any atom is 0.416 e. The van der Waals surface area contributed by atoms with Gasteiger partial charge in [0.2, 0.25) is 0 Å². The van der Waals surface area contributed by atoms with E-state index in [1.807, 2.05) is 30.3 Å². The van der Waals surface area contributed by atoms with Crippen LogP contribution in [0.3, 0.4) is 0 Å². The van der Waals surface area contributed by atoms with Crippen LogP contribution >= 0.6 is 0 Å². The van der Waals surface area contributed by atoms with Gasteiger partial charge < -0.3 is 9.64 Å². The molecule has 1 fully saturated rings. The Morgan fingerprint density at radius 3 is 2.14 bits per heavy atom. The molecule has 0 saturated carbocycles. The van der Waals surface area contributed by atoms with Gasteiger partial charge in [-0.2, -0.15) is 26.3 Å². The number of benzene rings is 2. The van der Waals surface area contributed by atoms with Crippen molar-refractivity contribution in [2.75, 3.05) is 25.1 Å². The summed E-state index contributed by atoms with van der Waals surface area (Å²) in [6, 6.07) is 10.5. The highest BCUT2D eigenvalue weighted by Crippen LogP contribution is 2.37. The highest BCUT2D eigenvalue weighted by Gasteiger charge is 2.37. The smallest absolute Gasteiger partial charge is 0.416 e. The number of nitrogens with zero attached hydrogens (tertiary/aromatic N) is 3. The van der Waals surface area contributed by atoms with Gasteiger partial charge in [0.25, 0.3) is 0 Å². The molecule has 1 aromatic heterocycles. The first kappa shape index (κ1) is 25.6. The summed E-state index contributed by atoms with van der Waals surface area (Å²) >= 11 is 0. The first-order valence-electron chi connectivity index (χ1n) is 11.2. The van der Waals surface area contributed by atoms with Gasteiger partial charge in [0.05, 0.1) is 30.3 Å². The number of fused-ring (bicyclic) bond motifs is 1. The first-order chi connectivity index (χ1) is 17.0. The van der Waals surface area contributed by atoms with Crippen LogP contribution < -0.4 is 4.90 Å². The topological polar surface area (TPSA) is 45.7 Å². The van der Waals surface area contributed by atoms with Gasteiger partial charge in [-0.05, 0) is 48.7 Å². The summed E-state index contributed by atoms with van der Waals surface area (Å²) in [6.45, 7) is 0.859. The molecule has 0 N–H and O–H groups in total. The standard InChI is InChI=1S/C25H23F6N3O2/c1-36-23(35)34(14-16-10-19(24(26,27)28)13-20(11-16)25(29,30)31)15-18-12-17-6-2-3-7-21(17)32-22(18)33-8-4-5-9-33/h2-3,6-7,10-13H,4-5,8-9,14-15H2,1H3. The number of rotatable bonds is 5. The Kier molecular flexibility index (Phi) is 7.01. The number of pyridine rings is 1. The Morgan fingerprint density at radius 2 is 1.56 bits per heavy atom. The quantitative estimate of drug-likeness (QED) is 0.360. The summed E-state index contributed by atoms with van der Waals surface area (Å²) in [4.78, 5) is 20.5. The minimum Gasteiger partial charge on any atom is -0.453 e. The lowest BCUT2D eigenvalue weighted by Gasteiger charge is -2.26. The first-order valence-corrected chi connectivity index (χ1v) is 11.2. The van der Waals surface area contributed by atoms with Crippen LogP contribution in [0.25, 0.3) is 10.9 Å². The van der Waals surface area contributed by atoms with Gasteiger partial charge in [-0.15, -0.1) is 0 Å². The van der Waals surface area contributed by atoms with Crippen LogP contribution in [0.4, 0.5) is 37.0 Å². The van der Waals surface area contributed by atoms with Crippen LogP contribution in [0.15, 0.2) is 48.5 Å². The molecule has 192 valence electrons. The predicted octanol–water partition coefficient (Wildman–Crippen LogP) is 6.64. The number of carbonyl (C=O) groups excluding carboxylic acids is 1. The lowest BCUT2D eigenvalue weighted by molar-refractivity contribution is -0.143. The SMILES string of the molecule is COC(=O)N(Cc1cc(C(F)(F)F)cc(C(F)(F)F)c1)Cc1cc2ccccc2nc1N1CCCC1. The minimum atomic E-state index is -4.99. The van der Waals surface area contributed by atoms with Gasteiger partial charge in [-0.25, -0.2) is 9.78 Å². The van der Waals surface area contributed by atoms with E-state index in [9.17, 15) is 31.1 Å². The Labute approximate surface area is 203 Å². The molecule has 5 nitrogen and oxygen atoms in total. The van der Waals surface area contributed by atoms with Crippen molar-refractivity contribution in [3.63, 3.8) is 0 Å². The summed E-state index contributed by atoms with van der Waals surface area (Å²) in [7, 11) is 1.10. The zero-order valence-corrected chi connectivity index (χ0v) is 19.3. The summed E-state index contributed by atoms with van der Waals surface area (Å²) in [5.74, 6) is 0.625. The van der Waals surface area contributed by atoms with E-state index in [1.165, 1.54) is 0 Å². The van der Waals surface area contributed by atoms with E-state index in [2.05, 4.69) is 4.90 Å². The molecule has 1 amide bonds. The normalized spacial score (nSPS) is 14.4. The number of anilines is 1. The lowest BCUT2D eigenvalue weighted by Crippen LogP contribution is -2.31. The number of aromatic nitrogens is 1. The van der Waals surface area contributed by atoms with Crippen LogP contribution in [-0.4, -0.2) is 36.2 Å². The van der Waals surface area contributed by atoms with E-state index in [4.69, 9.17) is 9.72 Å². The number of carbonyl (C=O) groups is 1. The molecular formula is C25H23F6N3O2. The highest BCUT2D eigenvalue weighted by molar-refractivity contribution is 5.82. The molecule has 0 aliphatic carbocycles. The number of amides is 1. The Morgan fingerprint density at radius 1 is 0.944 bits per heavy atom. The molecule has 4 rings (SSSR count). The van der Waals surface area contributed by atoms with Crippen molar-refractivity contribution >= 4 is 22.8 Å². The maximum atomic E-state index is 13.3. The number of ether oxygens (including phenoxy) is 1. The maximum absolute atomic E-state index is 13.3. The molecule has 0 bridgehead atoms. The zero-order chi connectivity index (χ0) is 26.1. The third-order valence-electron chi connectivity index (χ3n) is 6.00. The lowest BCUT2D eigenvalue weighted by atomic mass is 10.0. The number of methoxy groups -OCH3 is 1. The second-order valence-corrected chi connectivity index (χ2v) is 8.60. The molecule has 11 heteroatoms. The molecule has 0 atom stereocenters. The van der Waals surface area contributed by atoms with E-state index in [0.717, 1.165) is 48.8 Å². The Hall–Kier alpha value is -3.50. The second-order valence-electron chi connectivity index (χ2n) is 8.60. The summed E-state index contributed by atoms with van der Waals surface area (Å²) < 4.78 is 84.8. The minimum absolute atomic E-state index is 0.0602. The third-order valence-corrected chi connectivity index (χ3v) is 6.00. The number of halogens is 6. The summed E-state index contributed by atoms with van der Waals surface area (Å²) in [5, 5.41) is 0.790. The van der Waals surface area contributed by atoms with Crippen molar-refractivity contribution in [2.24, 2.45) is 0 Å². The monoisotopic (exact) mass is 511 g/mol. The largest absolute Gasteiger partial charge is 0.453 e. The molecule has 36 heavy (non-hydrogen) atoms. The van der Waals surface area contributed by atoms with Crippen LogP contribution in [0, 0.1) is 0 Å². The summed E-state index contributed by atoms with van der Waals surface area (Å²) in [5.41, 5.74) is -1.85. The highest BCUT2D eigenvalue weighted by atomic mass is 19.4. The van der Waals surface area contributed by atoms with Gasteiger partial charge in [-0.3, -0.25) is 4.90 Å². The van der Waals surface area contributed by atoms with Gasteiger partial charge in [0, 0.05) is 30.6 Å². The van der Waals surface area contributed by atoms with Crippen molar-refractivity contribution in [1.82, 2.24) is 9.88 Å². The van der Waals surface area contributed by atoms with Crippen LogP contribution in [0.5, 0.6) is 0 Å². The third kappa shape index (κ3) is 5.66. The number of hydrogen-bond donors (Lipinski definition) is 0. The van der Waals surface area contributed by atoms with Crippen LogP contribution in [-0.2, 0) is 30.2 Å². The molecule has 0 unspecified atom stereocenters. The van der Waals surface area contributed by atoms with E-state index < -0.39 is 36.1 Å². The van der Waals surface area contributed by atoms with Crippen molar-refractivity contribution in [3.05, 3.63) is 70.8 Å². The summed E-state index contributed by atoms with van der Waals surface area (Å²) in [6.07, 6.45) is -8.95.